The number of nitrogens with one attached hydrogen (secondary N) is 1. The Morgan fingerprint density at radius 1 is 1.36 bits per heavy atom. The summed E-state index contributed by atoms with van der Waals surface area (Å²) >= 11 is 0. The molecule has 1 radical (unpaired) electrons. The zero-order valence-corrected chi connectivity index (χ0v) is 8.29. The number of aryl methyl sites for hydroxylation is 1. The van der Waals surface area contributed by atoms with Crippen molar-refractivity contribution in [3.63, 3.8) is 0 Å². The molecule has 0 atom stereocenters. The maximum atomic E-state index is 4.36. The molecule has 0 aromatic heterocycles. The van der Waals surface area contributed by atoms with E-state index in [0.717, 1.165) is 32.4 Å². The van der Waals surface area contributed by atoms with E-state index < -0.39 is 0 Å². The first-order chi connectivity index (χ1) is 6.95. The molecule has 0 saturated heterocycles. The lowest BCUT2D eigenvalue weighted by Gasteiger charge is -2.02. The van der Waals surface area contributed by atoms with Gasteiger partial charge in [0.05, 0.1) is 12.4 Å². The molecule has 2 nitrogen and oxygen atoms in total. The second-order valence-corrected chi connectivity index (χ2v) is 3.50. The predicted octanol–water partition coefficient (Wildman–Crippen LogP) is 1.81. The van der Waals surface area contributed by atoms with Gasteiger partial charge >= 0.3 is 0 Å². The topological polar surface area (TPSA) is 24.4 Å². The van der Waals surface area contributed by atoms with Crippen molar-refractivity contribution >= 4 is 5.84 Å². The van der Waals surface area contributed by atoms with Crippen LogP contribution in [0.25, 0.3) is 0 Å². The van der Waals surface area contributed by atoms with Crippen molar-refractivity contribution in [3.8, 4) is 0 Å². The molecule has 0 aliphatic carbocycles. The van der Waals surface area contributed by atoms with Gasteiger partial charge in [-0.15, -0.1) is 0 Å². The van der Waals surface area contributed by atoms with Gasteiger partial charge in [0.2, 0.25) is 0 Å². The Morgan fingerprint density at radius 2 is 2.36 bits per heavy atom. The molecule has 0 bridgehead atoms. The highest BCUT2D eigenvalue weighted by molar-refractivity contribution is 5.83. The summed E-state index contributed by atoms with van der Waals surface area (Å²) in [6, 6.07) is 11.4. The van der Waals surface area contributed by atoms with Crippen LogP contribution in [0.3, 0.4) is 0 Å². The van der Waals surface area contributed by atoms with E-state index in [1.807, 2.05) is 12.1 Å². The van der Waals surface area contributed by atoms with Crippen LogP contribution in [0.5, 0.6) is 0 Å². The maximum absolute atomic E-state index is 4.36. The third kappa shape index (κ3) is 2.59. The van der Waals surface area contributed by atoms with Crippen LogP contribution in [0, 0.1) is 6.07 Å². The van der Waals surface area contributed by atoms with Crippen LogP contribution in [-0.2, 0) is 6.42 Å². The van der Waals surface area contributed by atoms with Crippen molar-refractivity contribution in [2.45, 2.75) is 19.3 Å². The van der Waals surface area contributed by atoms with E-state index in [4.69, 9.17) is 0 Å². The van der Waals surface area contributed by atoms with Crippen LogP contribution < -0.4 is 5.32 Å². The predicted molar refractivity (Wildman–Crippen MR) is 58.5 cm³/mol. The number of amidine groups is 1. The highest BCUT2D eigenvalue weighted by atomic mass is 15.1. The van der Waals surface area contributed by atoms with Crippen molar-refractivity contribution in [2.24, 2.45) is 4.99 Å². The number of nitrogens with zero attached hydrogens (tertiary/aromatic N) is 1. The summed E-state index contributed by atoms with van der Waals surface area (Å²) in [6.07, 6.45) is 3.33. The molecule has 0 spiro atoms. The number of hydrogen-bond donors (Lipinski definition) is 1. The molecule has 1 heterocycles. The molecule has 0 fully saturated rings. The molecular formula is C12H15N2. The molecule has 2 heteroatoms. The minimum absolute atomic E-state index is 0.951. The van der Waals surface area contributed by atoms with E-state index in [1.165, 1.54) is 11.4 Å². The van der Waals surface area contributed by atoms with Gasteiger partial charge in [-0.3, -0.25) is 4.99 Å². The van der Waals surface area contributed by atoms with E-state index in [-0.39, 0.29) is 0 Å². The maximum Gasteiger partial charge on any atom is 0.0964 e. The molecule has 14 heavy (non-hydrogen) atoms. The summed E-state index contributed by atoms with van der Waals surface area (Å²) in [4.78, 5) is 4.36. The lowest BCUT2D eigenvalue weighted by molar-refractivity contribution is 0.844. The van der Waals surface area contributed by atoms with Crippen LogP contribution in [0.1, 0.15) is 18.4 Å². The molecule has 1 aliphatic heterocycles. The smallest absolute Gasteiger partial charge is 0.0964 e. The number of hydrogen-bond acceptors (Lipinski definition) is 2. The first kappa shape index (κ1) is 9.25. The van der Waals surface area contributed by atoms with Gasteiger partial charge in [0.15, 0.2) is 0 Å². The summed E-state index contributed by atoms with van der Waals surface area (Å²) in [5.74, 6) is 1.18. The van der Waals surface area contributed by atoms with E-state index in [1.54, 1.807) is 0 Å². The summed E-state index contributed by atoms with van der Waals surface area (Å²) < 4.78 is 0. The average molecular weight is 187 g/mol. The Kier molecular flexibility index (Phi) is 3.17. The first-order valence-corrected chi connectivity index (χ1v) is 5.18. The van der Waals surface area contributed by atoms with Crippen LogP contribution in [0.2, 0.25) is 0 Å². The van der Waals surface area contributed by atoms with E-state index in [9.17, 15) is 0 Å². The van der Waals surface area contributed by atoms with Gasteiger partial charge in [0.25, 0.3) is 0 Å². The molecule has 73 valence electrons. The average Bonchev–Trinajstić information content (AvgIpc) is 2.72. The van der Waals surface area contributed by atoms with E-state index in [2.05, 4.69) is 28.5 Å². The molecule has 0 saturated carbocycles. The molecule has 2 rings (SSSR count). The molecule has 0 unspecified atom stereocenters. The van der Waals surface area contributed by atoms with E-state index >= 15 is 0 Å². The molecule has 1 aliphatic rings. The van der Waals surface area contributed by atoms with Crippen molar-refractivity contribution in [2.75, 3.05) is 13.1 Å². The third-order valence-electron chi connectivity index (χ3n) is 2.38. The highest BCUT2D eigenvalue weighted by Gasteiger charge is 2.03. The van der Waals surface area contributed by atoms with Gasteiger partial charge in [-0.05, 0) is 24.5 Å². The Labute approximate surface area is 85.1 Å². The van der Waals surface area contributed by atoms with E-state index in [0.29, 0.717) is 0 Å². The Balaban J connectivity index is 1.73. The SMILES string of the molecule is [c]1ccccc1CCCC1=NCCN1. The van der Waals surface area contributed by atoms with Crippen LogP contribution in [0.15, 0.2) is 29.3 Å². The fourth-order valence-electron chi connectivity index (χ4n) is 1.65. The number of rotatable bonds is 4. The highest BCUT2D eigenvalue weighted by Crippen LogP contribution is 2.04. The van der Waals surface area contributed by atoms with Crippen LogP contribution >= 0.6 is 0 Å². The van der Waals surface area contributed by atoms with Crippen LogP contribution in [-0.4, -0.2) is 18.9 Å². The summed E-state index contributed by atoms with van der Waals surface area (Å²) in [5, 5.41) is 3.28. The Bertz CT molecular complexity index is 303. The largest absolute Gasteiger partial charge is 0.372 e. The Hall–Kier alpha value is -1.31. The van der Waals surface area contributed by atoms with Gasteiger partial charge in [-0.1, -0.05) is 24.3 Å². The number of aliphatic imine (C=N–C) groups is 1. The normalized spacial score (nSPS) is 15.0. The molecule has 0 amide bonds. The minimum Gasteiger partial charge on any atom is -0.372 e. The quantitative estimate of drug-likeness (QED) is 0.763. The van der Waals surface area contributed by atoms with Crippen molar-refractivity contribution in [1.29, 1.82) is 0 Å². The van der Waals surface area contributed by atoms with Gasteiger partial charge in [-0.25, -0.2) is 0 Å². The first-order valence-electron chi connectivity index (χ1n) is 5.18. The third-order valence-corrected chi connectivity index (χ3v) is 2.38. The second kappa shape index (κ2) is 4.80. The fourth-order valence-corrected chi connectivity index (χ4v) is 1.65. The van der Waals surface area contributed by atoms with Crippen molar-refractivity contribution in [1.82, 2.24) is 5.32 Å². The van der Waals surface area contributed by atoms with Gasteiger partial charge < -0.3 is 5.32 Å². The van der Waals surface area contributed by atoms with Crippen LogP contribution in [0.4, 0.5) is 0 Å². The zero-order valence-electron chi connectivity index (χ0n) is 8.29. The molecule has 1 N–H and O–H groups in total. The van der Waals surface area contributed by atoms with Gasteiger partial charge in [0, 0.05) is 13.0 Å². The lowest BCUT2D eigenvalue weighted by atomic mass is 10.1. The van der Waals surface area contributed by atoms with Crippen molar-refractivity contribution < 1.29 is 0 Å². The number of benzene rings is 1. The zero-order chi connectivity index (χ0) is 9.64. The molecule has 1 aromatic carbocycles. The second-order valence-electron chi connectivity index (χ2n) is 3.50. The standard InChI is InChI=1S/C12H15N2/c1-2-5-11(6-3-1)7-4-8-12-13-9-10-14-12/h1-3,5H,4,7-10H2,(H,13,14). The lowest BCUT2D eigenvalue weighted by Crippen LogP contribution is -2.18. The molecule has 1 aromatic rings. The summed E-state index contributed by atoms with van der Waals surface area (Å²) in [6.45, 7) is 1.97. The summed E-state index contributed by atoms with van der Waals surface area (Å²) in [5.41, 5.74) is 1.30. The van der Waals surface area contributed by atoms with Gasteiger partial charge in [0.1, 0.15) is 0 Å². The summed E-state index contributed by atoms with van der Waals surface area (Å²) in [7, 11) is 0. The molecular weight excluding hydrogens is 172 g/mol. The van der Waals surface area contributed by atoms with Crippen molar-refractivity contribution in [3.05, 3.63) is 35.9 Å². The monoisotopic (exact) mass is 187 g/mol. The fraction of sp³-hybridized carbons (Fsp3) is 0.417. The minimum atomic E-state index is 0.951. The Morgan fingerprint density at radius 3 is 3.07 bits per heavy atom. The van der Waals surface area contributed by atoms with Gasteiger partial charge in [-0.2, -0.15) is 0 Å².